The topological polar surface area (TPSA) is 80.0 Å². The zero-order valence-electron chi connectivity index (χ0n) is 16.7. The van der Waals surface area contributed by atoms with Crippen LogP contribution >= 0.6 is 0 Å². The minimum Gasteiger partial charge on any atom is -0.493 e. The Kier molecular flexibility index (Phi) is 5.26. The summed E-state index contributed by atoms with van der Waals surface area (Å²) in [4.78, 5) is 17.4. The van der Waals surface area contributed by atoms with Gasteiger partial charge >= 0.3 is 5.97 Å². The number of methoxy groups -OCH3 is 3. The third-order valence-electron chi connectivity index (χ3n) is 4.51. The summed E-state index contributed by atoms with van der Waals surface area (Å²) in [6.45, 7) is 0. The lowest BCUT2D eigenvalue weighted by Gasteiger charge is -2.14. The molecule has 0 spiro atoms. The molecule has 7 heteroatoms. The number of carbonyl (C=O) groups is 1. The Labute approximate surface area is 172 Å². The van der Waals surface area contributed by atoms with Crippen LogP contribution in [0.15, 0.2) is 65.1 Å². The number of aromatic nitrogens is 1. The van der Waals surface area contributed by atoms with Crippen molar-refractivity contribution >= 4 is 17.1 Å². The smallest absolute Gasteiger partial charge is 0.343 e. The van der Waals surface area contributed by atoms with Crippen molar-refractivity contribution in [1.82, 2.24) is 4.98 Å². The van der Waals surface area contributed by atoms with Gasteiger partial charge in [-0.25, -0.2) is 9.78 Å². The average Bonchev–Trinajstić information content (AvgIpc) is 3.22. The summed E-state index contributed by atoms with van der Waals surface area (Å²) in [6.07, 6.45) is 0. The molecule has 0 atom stereocenters. The second-order valence-corrected chi connectivity index (χ2v) is 6.29. The predicted octanol–water partition coefficient (Wildman–Crippen LogP) is 4.74. The first-order chi connectivity index (χ1) is 14.6. The Balaban J connectivity index is 1.69. The number of oxazole rings is 1. The highest BCUT2D eigenvalue weighted by molar-refractivity contribution is 5.93. The summed E-state index contributed by atoms with van der Waals surface area (Å²) in [5, 5.41) is 0. The number of para-hydroxylation sites is 3. The number of ether oxygens (including phenoxy) is 4. The van der Waals surface area contributed by atoms with Gasteiger partial charge in [-0.3, -0.25) is 0 Å². The lowest BCUT2D eigenvalue weighted by Crippen LogP contribution is -2.10. The molecule has 0 unspecified atom stereocenters. The fourth-order valence-corrected chi connectivity index (χ4v) is 3.08. The zero-order valence-corrected chi connectivity index (χ0v) is 16.7. The standard InChI is InChI=1S/C23H19NO6/c1-26-19-12-14(13-20(27-2)21(19)28-3)23(25)30-17-10-6-4-8-15(17)22-24-16-9-5-7-11-18(16)29-22/h4-13H,1-3H3. The van der Waals surface area contributed by atoms with Crippen LogP contribution in [-0.2, 0) is 0 Å². The van der Waals surface area contributed by atoms with E-state index in [9.17, 15) is 4.79 Å². The van der Waals surface area contributed by atoms with Crippen molar-refractivity contribution in [1.29, 1.82) is 0 Å². The molecule has 0 fully saturated rings. The lowest BCUT2D eigenvalue weighted by atomic mass is 10.1. The van der Waals surface area contributed by atoms with Crippen molar-refractivity contribution in [2.24, 2.45) is 0 Å². The van der Waals surface area contributed by atoms with E-state index in [0.29, 0.717) is 40.0 Å². The van der Waals surface area contributed by atoms with Crippen LogP contribution < -0.4 is 18.9 Å². The van der Waals surface area contributed by atoms with Crippen LogP contribution in [0.5, 0.6) is 23.0 Å². The molecule has 30 heavy (non-hydrogen) atoms. The molecule has 7 nitrogen and oxygen atoms in total. The van der Waals surface area contributed by atoms with Gasteiger partial charge in [0.1, 0.15) is 11.3 Å². The van der Waals surface area contributed by atoms with Crippen LogP contribution in [-0.4, -0.2) is 32.3 Å². The first kappa shape index (κ1) is 19.3. The molecule has 1 heterocycles. The molecule has 1 aromatic heterocycles. The van der Waals surface area contributed by atoms with Gasteiger partial charge in [0.25, 0.3) is 0 Å². The summed E-state index contributed by atoms with van der Waals surface area (Å²) < 4.78 is 27.4. The van der Waals surface area contributed by atoms with Crippen molar-refractivity contribution in [2.45, 2.75) is 0 Å². The molecular formula is C23H19NO6. The van der Waals surface area contributed by atoms with E-state index in [4.69, 9.17) is 23.4 Å². The fourth-order valence-electron chi connectivity index (χ4n) is 3.08. The summed E-state index contributed by atoms with van der Waals surface area (Å²) >= 11 is 0. The summed E-state index contributed by atoms with van der Waals surface area (Å²) in [7, 11) is 4.46. The van der Waals surface area contributed by atoms with Crippen LogP contribution in [0.4, 0.5) is 0 Å². The van der Waals surface area contributed by atoms with Gasteiger partial charge in [0.05, 0.1) is 32.5 Å². The molecule has 0 saturated heterocycles. The number of rotatable bonds is 6. The van der Waals surface area contributed by atoms with Crippen molar-refractivity contribution in [3.63, 3.8) is 0 Å². The normalized spacial score (nSPS) is 10.6. The highest BCUT2D eigenvalue weighted by atomic mass is 16.5. The predicted molar refractivity (Wildman–Crippen MR) is 111 cm³/mol. The minimum absolute atomic E-state index is 0.247. The monoisotopic (exact) mass is 405 g/mol. The largest absolute Gasteiger partial charge is 0.493 e. The quantitative estimate of drug-likeness (QED) is 0.339. The maximum atomic E-state index is 12.9. The number of hydrogen-bond donors (Lipinski definition) is 0. The summed E-state index contributed by atoms with van der Waals surface area (Å²) in [5.41, 5.74) is 2.18. The van der Waals surface area contributed by atoms with E-state index in [1.54, 1.807) is 18.2 Å². The molecule has 0 N–H and O–H groups in total. The number of esters is 1. The SMILES string of the molecule is COc1cc(C(=O)Oc2ccccc2-c2nc3ccccc3o2)cc(OC)c1OC. The molecule has 0 aliphatic heterocycles. The Bertz CT molecular complexity index is 1160. The van der Waals surface area contributed by atoms with Crippen molar-refractivity contribution < 1.29 is 28.2 Å². The Morgan fingerprint density at radius 3 is 2.17 bits per heavy atom. The summed E-state index contributed by atoms with van der Waals surface area (Å²) in [6, 6.07) is 17.5. The molecular weight excluding hydrogens is 386 g/mol. The van der Waals surface area contributed by atoms with Crippen molar-refractivity contribution in [3.8, 4) is 34.5 Å². The molecule has 3 aromatic carbocycles. The van der Waals surface area contributed by atoms with E-state index in [1.165, 1.54) is 33.5 Å². The third-order valence-corrected chi connectivity index (χ3v) is 4.51. The van der Waals surface area contributed by atoms with E-state index in [0.717, 1.165) is 5.52 Å². The Hall–Kier alpha value is -4.00. The average molecular weight is 405 g/mol. The highest BCUT2D eigenvalue weighted by Crippen LogP contribution is 2.39. The molecule has 152 valence electrons. The summed E-state index contributed by atoms with van der Waals surface area (Å²) in [5.74, 6) is 1.21. The first-order valence-electron chi connectivity index (χ1n) is 9.11. The second-order valence-electron chi connectivity index (χ2n) is 6.29. The zero-order chi connectivity index (χ0) is 21.1. The van der Waals surface area contributed by atoms with Crippen LogP contribution in [0.2, 0.25) is 0 Å². The van der Waals surface area contributed by atoms with Crippen LogP contribution in [0.3, 0.4) is 0 Å². The number of benzene rings is 3. The molecule has 4 aromatic rings. The maximum absolute atomic E-state index is 12.9. The van der Waals surface area contributed by atoms with Gasteiger partial charge < -0.3 is 23.4 Å². The van der Waals surface area contributed by atoms with Gasteiger partial charge in [0.2, 0.25) is 11.6 Å². The Morgan fingerprint density at radius 1 is 0.833 bits per heavy atom. The molecule has 0 radical (unpaired) electrons. The third kappa shape index (κ3) is 3.53. The van der Waals surface area contributed by atoms with Gasteiger partial charge in [0.15, 0.2) is 17.1 Å². The van der Waals surface area contributed by atoms with Gasteiger partial charge in [-0.2, -0.15) is 0 Å². The lowest BCUT2D eigenvalue weighted by molar-refractivity contribution is 0.0734. The molecule has 0 aliphatic carbocycles. The first-order valence-corrected chi connectivity index (χ1v) is 9.11. The van der Waals surface area contributed by atoms with Gasteiger partial charge in [-0.05, 0) is 36.4 Å². The van der Waals surface area contributed by atoms with Crippen LogP contribution in [0.25, 0.3) is 22.6 Å². The molecule has 0 aliphatic rings. The molecule has 4 rings (SSSR count). The van der Waals surface area contributed by atoms with Gasteiger partial charge in [-0.1, -0.05) is 24.3 Å². The molecule has 0 saturated carbocycles. The van der Waals surface area contributed by atoms with E-state index in [2.05, 4.69) is 4.98 Å². The number of fused-ring (bicyclic) bond motifs is 1. The maximum Gasteiger partial charge on any atom is 0.343 e. The van der Waals surface area contributed by atoms with E-state index in [1.807, 2.05) is 30.3 Å². The number of nitrogens with zero attached hydrogens (tertiary/aromatic N) is 1. The van der Waals surface area contributed by atoms with Crippen LogP contribution in [0.1, 0.15) is 10.4 Å². The highest BCUT2D eigenvalue weighted by Gasteiger charge is 2.20. The van der Waals surface area contributed by atoms with E-state index >= 15 is 0 Å². The number of carbonyl (C=O) groups excluding carboxylic acids is 1. The van der Waals surface area contributed by atoms with E-state index < -0.39 is 5.97 Å². The minimum atomic E-state index is -0.585. The fraction of sp³-hybridized carbons (Fsp3) is 0.130. The van der Waals surface area contributed by atoms with Gasteiger partial charge in [-0.15, -0.1) is 0 Å². The molecule has 0 amide bonds. The Morgan fingerprint density at radius 2 is 1.50 bits per heavy atom. The van der Waals surface area contributed by atoms with Gasteiger partial charge in [0, 0.05) is 0 Å². The van der Waals surface area contributed by atoms with Crippen molar-refractivity contribution in [2.75, 3.05) is 21.3 Å². The number of hydrogen-bond acceptors (Lipinski definition) is 7. The van der Waals surface area contributed by atoms with Crippen LogP contribution in [0, 0.1) is 0 Å². The van der Waals surface area contributed by atoms with Crippen molar-refractivity contribution in [3.05, 3.63) is 66.2 Å². The molecule has 0 bridgehead atoms. The van der Waals surface area contributed by atoms with E-state index in [-0.39, 0.29) is 5.56 Å². The second kappa shape index (κ2) is 8.16.